The highest BCUT2D eigenvalue weighted by molar-refractivity contribution is 6.30. The molecule has 210 valence electrons. The highest BCUT2D eigenvalue weighted by Gasteiger charge is 2.46. The summed E-state index contributed by atoms with van der Waals surface area (Å²) >= 11 is 6.33. The van der Waals surface area contributed by atoms with Crippen molar-refractivity contribution in [1.29, 1.82) is 0 Å². The molecular formula is C31H35ClN4O4. The van der Waals surface area contributed by atoms with Gasteiger partial charge in [0.1, 0.15) is 5.75 Å². The number of ether oxygens (including phenoxy) is 1. The van der Waals surface area contributed by atoms with Crippen LogP contribution < -0.4 is 4.74 Å². The predicted molar refractivity (Wildman–Crippen MR) is 154 cm³/mol. The summed E-state index contributed by atoms with van der Waals surface area (Å²) in [6, 6.07) is 18.2. The van der Waals surface area contributed by atoms with Crippen molar-refractivity contribution >= 4 is 23.6 Å². The minimum absolute atomic E-state index is 0.0148. The van der Waals surface area contributed by atoms with Crippen LogP contribution in [0.25, 0.3) is 0 Å². The van der Waals surface area contributed by atoms with E-state index in [1.165, 1.54) is 12.1 Å². The molecule has 0 bridgehead atoms. The first-order chi connectivity index (χ1) is 19.1. The highest BCUT2D eigenvalue weighted by atomic mass is 35.5. The summed E-state index contributed by atoms with van der Waals surface area (Å²) in [6.07, 6.45) is 3.62. The lowest BCUT2D eigenvalue weighted by atomic mass is 9.98. The summed E-state index contributed by atoms with van der Waals surface area (Å²) in [4.78, 5) is 35.6. The molecule has 1 atom stereocenters. The van der Waals surface area contributed by atoms with Crippen molar-refractivity contribution in [2.45, 2.75) is 57.8 Å². The molecule has 0 radical (unpaired) electrons. The third-order valence-electron chi connectivity index (χ3n) is 7.66. The Morgan fingerprint density at radius 3 is 2.40 bits per heavy atom. The molecule has 5 rings (SSSR count). The van der Waals surface area contributed by atoms with E-state index < -0.39 is 5.97 Å². The second-order valence-electron chi connectivity index (χ2n) is 11.5. The number of amides is 2. The first kappa shape index (κ1) is 27.9. The number of benzene rings is 2. The van der Waals surface area contributed by atoms with Gasteiger partial charge >= 0.3 is 12.0 Å². The van der Waals surface area contributed by atoms with Gasteiger partial charge in [0.2, 0.25) is 5.88 Å². The molecule has 2 aliphatic heterocycles. The fraction of sp³-hybridized carbons (Fsp3) is 0.387. The number of rotatable bonds is 7. The first-order valence-corrected chi connectivity index (χ1v) is 14.0. The molecule has 0 saturated carbocycles. The monoisotopic (exact) mass is 562 g/mol. The van der Waals surface area contributed by atoms with Gasteiger partial charge in [0.15, 0.2) is 0 Å². The lowest BCUT2D eigenvalue weighted by Crippen LogP contribution is -2.49. The van der Waals surface area contributed by atoms with Crippen LogP contribution in [-0.2, 0) is 6.54 Å². The maximum absolute atomic E-state index is 13.7. The van der Waals surface area contributed by atoms with Crippen LogP contribution in [0.15, 0.2) is 66.9 Å². The van der Waals surface area contributed by atoms with Crippen molar-refractivity contribution in [3.05, 3.63) is 88.6 Å². The normalized spacial score (nSPS) is 18.8. The van der Waals surface area contributed by atoms with Gasteiger partial charge in [0.05, 0.1) is 11.6 Å². The maximum atomic E-state index is 13.7. The zero-order valence-electron chi connectivity index (χ0n) is 23.1. The summed E-state index contributed by atoms with van der Waals surface area (Å²) in [5, 5.41) is 9.73. The minimum Gasteiger partial charge on any atom is -0.478 e. The van der Waals surface area contributed by atoms with E-state index in [4.69, 9.17) is 21.4 Å². The number of piperidine rings is 1. The Kier molecular flexibility index (Phi) is 8.01. The molecule has 1 unspecified atom stereocenters. The van der Waals surface area contributed by atoms with E-state index in [-0.39, 0.29) is 29.2 Å². The van der Waals surface area contributed by atoms with Crippen LogP contribution in [0, 0.1) is 0 Å². The number of hydrogen-bond donors (Lipinski definition) is 1. The number of carbonyl (C=O) groups is 2. The van der Waals surface area contributed by atoms with Gasteiger partial charge in [0, 0.05) is 55.0 Å². The summed E-state index contributed by atoms with van der Waals surface area (Å²) < 4.78 is 5.76. The zero-order valence-corrected chi connectivity index (χ0v) is 23.8. The lowest BCUT2D eigenvalue weighted by molar-refractivity contribution is 0.0696. The van der Waals surface area contributed by atoms with Crippen molar-refractivity contribution in [1.82, 2.24) is 19.7 Å². The summed E-state index contributed by atoms with van der Waals surface area (Å²) in [5.74, 6) is 0.0105. The van der Waals surface area contributed by atoms with Crippen molar-refractivity contribution in [2.24, 2.45) is 0 Å². The summed E-state index contributed by atoms with van der Waals surface area (Å²) in [7, 11) is 0. The zero-order chi connectivity index (χ0) is 28.4. The number of aromatic carboxylic acids is 1. The molecule has 2 fully saturated rings. The van der Waals surface area contributed by atoms with E-state index in [1.54, 1.807) is 12.1 Å². The Hall–Kier alpha value is -3.62. The molecule has 2 amide bonds. The van der Waals surface area contributed by atoms with Crippen LogP contribution in [0.3, 0.4) is 0 Å². The molecule has 1 N–H and O–H groups in total. The molecule has 2 saturated heterocycles. The Labute approximate surface area is 240 Å². The van der Waals surface area contributed by atoms with Crippen LogP contribution in [0.1, 0.15) is 61.1 Å². The van der Waals surface area contributed by atoms with Crippen LogP contribution >= 0.6 is 11.6 Å². The van der Waals surface area contributed by atoms with Crippen LogP contribution in [0.2, 0.25) is 5.02 Å². The number of halogens is 1. The van der Waals surface area contributed by atoms with Crippen molar-refractivity contribution in [3.8, 4) is 11.6 Å². The van der Waals surface area contributed by atoms with E-state index in [9.17, 15) is 9.59 Å². The molecule has 1 aromatic heterocycles. The number of hydrogen-bond acceptors (Lipinski definition) is 5. The van der Waals surface area contributed by atoms with Gasteiger partial charge in [-0.05, 0) is 81.1 Å². The quantitative estimate of drug-likeness (QED) is 0.355. The maximum Gasteiger partial charge on any atom is 0.335 e. The molecule has 0 spiro atoms. The average Bonchev–Trinajstić information content (AvgIpc) is 3.28. The van der Waals surface area contributed by atoms with E-state index >= 15 is 0 Å². The number of likely N-dealkylation sites (tertiary alicyclic amines) is 1. The Morgan fingerprint density at radius 1 is 1.07 bits per heavy atom. The Bertz CT molecular complexity index is 1350. The topological polar surface area (TPSA) is 86.2 Å². The van der Waals surface area contributed by atoms with E-state index in [2.05, 4.69) is 41.6 Å². The third kappa shape index (κ3) is 6.24. The average molecular weight is 563 g/mol. The molecule has 9 heteroatoms. The van der Waals surface area contributed by atoms with E-state index in [0.29, 0.717) is 23.2 Å². The number of carboxylic acid groups (broad SMARTS) is 1. The first-order valence-electron chi connectivity index (χ1n) is 13.6. The summed E-state index contributed by atoms with van der Waals surface area (Å²) in [5.41, 5.74) is 2.12. The van der Waals surface area contributed by atoms with Gasteiger partial charge in [-0.15, -0.1) is 0 Å². The number of carboxylic acids is 1. The largest absolute Gasteiger partial charge is 0.478 e. The Balaban J connectivity index is 1.20. The van der Waals surface area contributed by atoms with E-state index in [1.807, 2.05) is 41.4 Å². The minimum atomic E-state index is -0.974. The van der Waals surface area contributed by atoms with Crippen LogP contribution in [0.5, 0.6) is 11.6 Å². The number of carbonyl (C=O) groups excluding carboxylic acids is 1. The molecule has 8 nitrogen and oxygen atoms in total. The SMILES string of the molecule is CC(C)(C)N1CC(c2cccc(Cl)c2)N(C2CCN(Cc3ccc(Oc4ccc(C(=O)O)cc4)nc3)CC2)C1=O. The van der Waals surface area contributed by atoms with Gasteiger partial charge in [-0.3, -0.25) is 4.90 Å². The molecule has 0 aliphatic carbocycles. The van der Waals surface area contributed by atoms with Crippen molar-refractivity contribution in [3.63, 3.8) is 0 Å². The highest BCUT2D eigenvalue weighted by Crippen LogP contribution is 2.38. The van der Waals surface area contributed by atoms with Gasteiger partial charge in [-0.2, -0.15) is 0 Å². The van der Waals surface area contributed by atoms with Crippen molar-refractivity contribution < 1.29 is 19.4 Å². The number of pyridine rings is 1. The Morgan fingerprint density at radius 2 is 1.80 bits per heavy atom. The lowest BCUT2D eigenvalue weighted by Gasteiger charge is -2.39. The van der Waals surface area contributed by atoms with Crippen LogP contribution in [0.4, 0.5) is 4.79 Å². The van der Waals surface area contributed by atoms with Gasteiger partial charge < -0.3 is 19.6 Å². The van der Waals surface area contributed by atoms with Crippen LogP contribution in [-0.4, -0.2) is 68.0 Å². The predicted octanol–water partition coefficient (Wildman–Crippen LogP) is 6.47. The second kappa shape index (κ2) is 11.5. The number of nitrogens with zero attached hydrogens (tertiary/aromatic N) is 4. The van der Waals surface area contributed by atoms with Gasteiger partial charge in [-0.25, -0.2) is 14.6 Å². The standard InChI is InChI=1S/C31H35ClN4O4/c1-31(2,3)35-20-27(23-5-4-6-24(32)17-23)36(30(35)39)25-13-15-34(16-14-25)19-21-7-12-28(33-18-21)40-26-10-8-22(9-11-26)29(37)38/h4-12,17-18,25,27H,13-16,19-20H2,1-3H3,(H,37,38). The fourth-order valence-electron chi connectivity index (χ4n) is 5.53. The number of aromatic nitrogens is 1. The third-order valence-corrected chi connectivity index (χ3v) is 7.90. The van der Waals surface area contributed by atoms with Gasteiger partial charge in [0.25, 0.3) is 0 Å². The van der Waals surface area contributed by atoms with Crippen molar-refractivity contribution in [2.75, 3.05) is 19.6 Å². The second-order valence-corrected chi connectivity index (χ2v) is 11.9. The van der Waals surface area contributed by atoms with Gasteiger partial charge in [-0.1, -0.05) is 29.8 Å². The summed E-state index contributed by atoms with van der Waals surface area (Å²) in [6.45, 7) is 9.48. The molecule has 3 heterocycles. The van der Waals surface area contributed by atoms with E-state index in [0.717, 1.165) is 43.6 Å². The fourth-order valence-corrected chi connectivity index (χ4v) is 5.73. The smallest absolute Gasteiger partial charge is 0.335 e. The molecule has 3 aromatic rings. The molecular weight excluding hydrogens is 528 g/mol. The molecule has 2 aromatic carbocycles. The number of urea groups is 1. The molecule has 40 heavy (non-hydrogen) atoms. The molecule has 2 aliphatic rings.